The molecule has 1 aromatic carbocycles. The molecular formula is C10H11N3O3S2. The number of nitrogens with two attached hydrogens (primary N) is 1. The van der Waals surface area contributed by atoms with Crippen molar-refractivity contribution in [3.63, 3.8) is 0 Å². The number of carbonyl (C=O) groups is 1. The Morgan fingerprint density at radius 3 is 2.50 bits per heavy atom. The van der Waals surface area contributed by atoms with Crippen LogP contribution in [0.4, 0.5) is 11.4 Å². The van der Waals surface area contributed by atoms with Crippen LogP contribution in [0, 0.1) is 10.1 Å². The summed E-state index contributed by atoms with van der Waals surface area (Å²) >= 11 is 5.99. The largest absolute Gasteiger partial charge is 0.393 e. The predicted molar refractivity (Wildman–Crippen MR) is 75.8 cm³/mol. The molecule has 1 amide bonds. The third-order valence-corrected chi connectivity index (χ3v) is 3.15. The Bertz CT molecular complexity index is 462. The zero-order valence-corrected chi connectivity index (χ0v) is 10.9. The zero-order chi connectivity index (χ0) is 13.5. The minimum Gasteiger partial charge on any atom is -0.393 e. The Labute approximate surface area is 113 Å². The van der Waals surface area contributed by atoms with E-state index in [1.54, 1.807) is 0 Å². The lowest BCUT2D eigenvalue weighted by Gasteiger charge is -2.04. The third kappa shape index (κ3) is 5.11. The molecule has 0 aliphatic heterocycles. The highest BCUT2D eigenvalue weighted by Crippen LogP contribution is 2.15. The highest BCUT2D eigenvalue weighted by molar-refractivity contribution is 8.01. The molecule has 1 aromatic rings. The van der Waals surface area contributed by atoms with Gasteiger partial charge in [-0.3, -0.25) is 14.9 Å². The normalized spacial score (nSPS) is 9.78. The van der Waals surface area contributed by atoms with Crippen LogP contribution >= 0.6 is 24.0 Å². The first kappa shape index (κ1) is 14.4. The molecule has 6 nitrogen and oxygen atoms in total. The third-order valence-electron chi connectivity index (χ3n) is 1.84. The molecule has 3 N–H and O–H groups in total. The number of anilines is 1. The molecule has 0 aliphatic rings. The van der Waals surface area contributed by atoms with Crippen molar-refractivity contribution in [2.45, 2.75) is 0 Å². The number of rotatable bonds is 6. The summed E-state index contributed by atoms with van der Waals surface area (Å²) in [5.41, 5.74) is 5.79. The maximum atomic E-state index is 11.5. The van der Waals surface area contributed by atoms with Crippen LogP contribution in [0.2, 0.25) is 0 Å². The lowest BCUT2D eigenvalue weighted by Crippen LogP contribution is -2.17. The van der Waals surface area contributed by atoms with Gasteiger partial charge in [0.25, 0.3) is 5.69 Å². The Balaban J connectivity index is 2.44. The Morgan fingerprint density at radius 2 is 2.00 bits per heavy atom. The van der Waals surface area contributed by atoms with Gasteiger partial charge in [-0.2, -0.15) is 0 Å². The van der Waals surface area contributed by atoms with Crippen molar-refractivity contribution in [3.8, 4) is 0 Å². The molecule has 0 heterocycles. The summed E-state index contributed by atoms with van der Waals surface area (Å²) in [5.74, 6) is 0.474. The molecule has 0 atom stereocenters. The molecule has 0 fully saturated rings. The lowest BCUT2D eigenvalue weighted by atomic mass is 10.3. The number of nitro groups is 1. The number of nitrogens with zero attached hydrogens (tertiary/aromatic N) is 1. The molecule has 0 spiro atoms. The summed E-state index contributed by atoms with van der Waals surface area (Å²) in [6, 6.07) is 5.62. The van der Waals surface area contributed by atoms with Crippen LogP contribution < -0.4 is 11.1 Å². The first-order chi connectivity index (χ1) is 8.49. The second-order valence-electron chi connectivity index (χ2n) is 3.31. The molecule has 8 heteroatoms. The van der Waals surface area contributed by atoms with E-state index in [2.05, 4.69) is 17.5 Å². The zero-order valence-electron chi connectivity index (χ0n) is 9.29. The van der Waals surface area contributed by atoms with Gasteiger partial charge in [0.1, 0.15) is 0 Å². The predicted octanol–water partition coefficient (Wildman–Crippen LogP) is 1.55. The van der Waals surface area contributed by atoms with Crippen molar-refractivity contribution in [1.82, 2.24) is 0 Å². The Hall–Kier alpha value is -1.67. The van der Waals surface area contributed by atoms with E-state index in [1.165, 1.54) is 36.0 Å². The van der Waals surface area contributed by atoms with Gasteiger partial charge in [-0.1, -0.05) is 12.2 Å². The standard InChI is InChI=1S/C10H11N3O3S2/c11-9(17)5-18-6-10(14)12-7-1-3-8(4-2-7)13(15)16/h1-4H,5-6H2,(H2,11,17)(H,12,14). The smallest absolute Gasteiger partial charge is 0.269 e. The highest BCUT2D eigenvalue weighted by Gasteiger charge is 2.06. The van der Waals surface area contributed by atoms with E-state index >= 15 is 0 Å². The SMILES string of the molecule is NC(=S)CSCC(=O)Nc1ccc([N+](=O)[O-])cc1. The number of amides is 1. The summed E-state index contributed by atoms with van der Waals surface area (Å²) in [5, 5.41) is 13.0. The van der Waals surface area contributed by atoms with Gasteiger partial charge < -0.3 is 11.1 Å². The molecule has 0 unspecified atom stereocenters. The van der Waals surface area contributed by atoms with Gasteiger partial charge in [-0.05, 0) is 12.1 Å². The fourth-order valence-electron chi connectivity index (χ4n) is 1.11. The van der Waals surface area contributed by atoms with Crippen molar-refractivity contribution in [2.24, 2.45) is 5.73 Å². The molecule has 0 bridgehead atoms. The number of carbonyl (C=O) groups excluding carboxylic acids is 1. The van der Waals surface area contributed by atoms with Crippen LogP contribution in [0.25, 0.3) is 0 Å². The van der Waals surface area contributed by atoms with E-state index in [-0.39, 0.29) is 17.3 Å². The van der Waals surface area contributed by atoms with Gasteiger partial charge in [0, 0.05) is 23.6 Å². The number of thioether (sulfide) groups is 1. The van der Waals surface area contributed by atoms with Crippen molar-refractivity contribution in [2.75, 3.05) is 16.8 Å². The Kier molecular flexibility index (Phi) is 5.53. The number of nitrogens with one attached hydrogen (secondary N) is 1. The highest BCUT2D eigenvalue weighted by atomic mass is 32.2. The van der Waals surface area contributed by atoms with E-state index in [0.717, 1.165) is 0 Å². The van der Waals surface area contributed by atoms with Gasteiger partial charge in [0.2, 0.25) is 5.91 Å². The fourth-order valence-corrected chi connectivity index (χ4v) is 1.92. The average Bonchev–Trinajstić information content (AvgIpc) is 2.29. The molecule has 0 saturated carbocycles. The second-order valence-corrected chi connectivity index (χ2v) is 4.82. The summed E-state index contributed by atoms with van der Waals surface area (Å²) in [6.45, 7) is 0. The molecule has 18 heavy (non-hydrogen) atoms. The summed E-state index contributed by atoms with van der Waals surface area (Å²) in [7, 11) is 0. The van der Waals surface area contributed by atoms with Crippen molar-refractivity contribution >= 4 is 46.3 Å². The van der Waals surface area contributed by atoms with Crippen LogP contribution in [0.15, 0.2) is 24.3 Å². The summed E-state index contributed by atoms with van der Waals surface area (Å²) in [6.07, 6.45) is 0. The van der Waals surface area contributed by atoms with Crippen LogP contribution in [0.5, 0.6) is 0 Å². The van der Waals surface area contributed by atoms with Crippen LogP contribution in [-0.4, -0.2) is 27.3 Å². The quantitative estimate of drug-likeness (QED) is 0.467. The monoisotopic (exact) mass is 285 g/mol. The molecule has 0 aliphatic carbocycles. The number of nitro benzene ring substituents is 1. The molecule has 0 aromatic heterocycles. The van der Waals surface area contributed by atoms with E-state index in [1.807, 2.05) is 0 Å². The van der Waals surface area contributed by atoms with Crippen molar-refractivity contribution < 1.29 is 9.72 Å². The summed E-state index contributed by atoms with van der Waals surface area (Å²) in [4.78, 5) is 21.7. The minimum atomic E-state index is -0.496. The van der Waals surface area contributed by atoms with Crippen LogP contribution in [0.3, 0.4) is 0 Å². The number of thiocarbonyl (C=S) groups is 1. The maximum Gasteiger partial charge on any atom is 0.269 e. The Morgan fingerprint density at radius 1 is 1.39 bits per heavy atom. The number of non-ortho nitro benzene ring substituents is 1. The topological polar surface area (TPSA) is 98.3 Å². The lowest BCUT2D eigenvalue weighted by molar-refractivity contribution is -0.384. The fraction of sp³-hybridized carbons (Fsp3) is 0.200. The van der Waals surface area contributed by atoms with E-state index < -0.39 is 4.92 Å². The summed E-state index contributed by atoms with van der Waals surface area (Å²) < 4.78 is 0. The molecular weight excluding hydrogens is 274 g/mol. The second kappa shape index (κ2) is 6.92. The van der Waals surface area contributed by atoms with E-state index in [4.69, 9.17) is 5.73 Å². The van der Waals surface area contributed by atoms with Gasteiger partial charge in [-0.25, -0.2) is 0 Å². The van der Waals surface area contributed by atoms with Crippen LogP contribution in [0.1, 0.15) is 0 Å². The van der Waals surface area contributed by atoms with E-state index in [0.29, 0.717) is 16.4 Å². The number of hydrogen-bond donors (Lipinski definition) is 2. The van der Waals surface area contributed by atoms with Gasteiger partial charge in [-0.15, -0.1) is 11.8 Å². The van der Waals surface area contributed by atoms with Gasteiger partial charge in [0.15, 0.2) is 0 Å². The molecule has 96 valence electrons. The molecule has 0 radical (unpaired) electrons. The maximum absolute atomic E-state index is 11.5. The van der Waals surface area contributed by atoms with Crippen molar-refractivity contribution in [1.29, 1.82) is 0 Å². The number of hydrogen-bond acceptors (Lipinski definition) is 5. The molecule has 1 rings (SSSR count). The number of benzene rings is 1. The average molecular weight is 285 g/mol. The molecule has 0 saturated heterocycles. The minimum absolute atomic E-state index is 0.0177. The van der Waals surface area contributed by atoms with Crippen molar-refractivity contribution in [3.05, 3.63) is 34.4 Å². The van der Waals surface area contributed by atoms with Crippen LogP contribution in [-0.2, 0) is 4.79 Å². The van der Waals surface area contributed by atoms with E-state index in [9.17, 15) is 14.9 Å². The first-order valence-electron chi connectivity index (χ1n) is 4.89. The first-order valence-corrected chi connectivity index (χ1v) is 6.45. The van der Waals surface area contributed by atoms with Gasteiger partial charge in [0.05, 0.1) is 15.7 Å². The van der Waals surface area contributed by atoms with Gasteiger partial charge >= 0.3 is 0 Å².